The van der Waals surface area contributed by atoms with Gasteiger partial charge >= 0.3 is 0 Å². The van der Waals surface area contributed by atoms with Crippen molar-refractivity contribution in [3.05, 3.63) is 59.7 Å². The van der Waals surface area contributed by atoms with Crippen molar-refractivity contribution < 1.29 is 9.59 Å². The second-order valence-corrected chi connectivity index (χ2v) is 8.85. The van der Waals surface area contributed by atoms with Crippen molar-refractivity contribution >= 4 is 35.0 Å². The van der Waals surface area contributed by atoms with Gasteiger partial charge < -0.3 is 5.32 Å². The summed E-state index contributed by atoms with van der Waals surface area (Å²) >= 11 is 1.62. The maximum absolute atomic E-state index is 12.6. The van der Waals surface area contributed by atoms with E-state index in [1.807, 2.05) is 62.1 Å². The minimum absolute atomic E-state index is 0.0256. The minimum atomic E-state index is -0.458. The Morgan fingerprint density at radius 2 is 1.93 bits per heavy atom. The van der Waals surface area contributed by atoms with Crippen molar-refractivity contribution in [1.82, 2.24) is 0 Å². The van der Waals surface area contributed by atoms with Gasteiger partial charge in [-0.1, -0.05) is 52.0 Å². The normalized spacial score (nSPS) is 17.3. The van der Waals surface area contributed by atoms with Crippen molar-refractivity contribution in [3.63, 3.8) is 0 Å². The van der Waals surface area contributed by atoms with Crippen LogP contribution in [0.1, 0.15) is 44.2 Å². The van der Waals surface area contributed by atoms with Gasteiger partial charge in [0.2, 0.25) is 11.8 Å². The van der Waals surface area contributed by atoms with Crippen LogP contribution < -0.4 is 10.2 Å². The Morgan fingerprint density at radius 1 is 1.19 bits per heavy atom. The maximum Gasteiger partial charge on any atom is 0.238 e. The third-order valence-electron chi connectivity index (χ3n) is 4.58. The number of rotatable bonds is 4. The molecule has 1 aliphatic heterocycles. The van der Waals surface area contributed by atoms with Gasteiger partial charge in [-0.05, 0) is 41.8 Å². The van der Waals surface area contributed by atoms with Crippen LogP contribution in [0.15, 0.2) is 48.5 Å². The second-order valence-electron chi connectivity index (χ2n) is 7.78. The predicted octanol–water partition coefficient (Wildman–Crippen LogP) is 5.01. The summed E-state index contributed by atoms with van der Waals surface area (Å²) in [5.74, 6) is 0.546. The molecule has 1 atom stereocenters. The fourth-order valence-electron chi connectivity index (χ4n) is 2.96. The molecule has 0 aromatic heterocycles. The highest BCUT2D eigenvalue weighted by Crippen LogP contribution is 2.42. The van der Waals surface area contributed by atoms with Gasteiger partial charge in [-0.2, -0.15) is 0 Å². The number of nitrogens with one attached hydrogen (secondary N) is 1. The molecule has 1 saturated heterocycles. The predicted molar refractivity (Wildman–Crippen MR) is 113 cm³/mol. The quantitative estimate of drug-likeness (QED) is 0.808. The Hall–Kier alpha value is -2.27. The van der Waals surface area contributed by atoms with Crippen molar-refractivity contribution in [1.29, 1.82) is 0 Å². The molecule has 0 spiro atoms. The molecule has 2 amide bonds. The first-order valence-corrected chi connectivity index (χ1v) is 10.3. The number of hydrogen-bond donors (Lipinski definition) is 1. The van der Waals surface area contributed by atoms with Gasteiger partial charge in [0.05, 0.1) is 5.75 Å². The summed E-state index contributed by atoms with van der Waals surface area (Å²) in [6, 6.07) is 15.9. The number of nitrogens with zero attached hydrogens (tertiary/aromatic N) is 1. The molecule has 4 nitrogen and oxygen atoms in total. The van der Waals surface area contributed by atoms with Crippen molar-refractivity contribution in [3.8, 4) is 0 Å². The fraction of sp³-hybridized carbons (Fsp3) is 0.364. The van der Waals surface area contributed by atoms with Crippen LogP contribution in [0.5, 0.6) is 0 Å². The molecule has 27 heavy (non-hydrogen) atoms. The lowest BCUT2D eigenvalue weighted by atomic mass is 9.95. The van der Waals surface area contributed by atoms with Gasteiger partial charge in [0.25, 0.3) is 0 Å². The summed E-state index contributed by atoms with van der Waals surface area (Å²) in [6.45, 7) is 7.78. The molecule has 1 unspecified atom stereocenters. The average Bonchev–Trinajstić information content (AvgIpc) is 3.03. The van der Waals surface area contributed by atoms with E-state index in [2.05, 4.69) is 24.4 Å². The number of benzene rings is 2. The van der Waals surface area contributed by atoms with Crippen LogP contribution in [0.2, 0.25) is 0 Å². The average molecular weight is 383 g/mol. The molecule has 2 aromatic rings. The van der Waals surface area contributed by atoms with Crippen LogP contribution in [0.3, 0.4) is 0 Å². The fourth-order valence-corrected chi connectivity index (χ4v) is 4.13. The summed E-state index contributed by atoms with van der Waals surface area (Å²) in [5, 5.41) is 2.89. The van der Waals surface area contributed by atoms with Crippen LogP contribution in [0.25, 0.3) is 0 Å². The van der Waals surface area contributed by atoms with Crippen LogP contribution in [-0.2, 0) is 16.0 Å². The van der Waals surface area contributed by atoms with Gasteiger partial charge in [-0.25, -0.2) is 0 Å². The highest BCUT2D eigenvalue weighted by atomic mass is 32.2. The summed E-state index contributed by atoms with van der Waals surface area (Å²) in [7, 11) is 0. The third kappa shape index (κ3) is 4.35. The number of amides is 2. The number of carbonyl (C=O) groups excluding carboxylic acids is 2. The van der Waals surface area contributed by atoms with E-state index >= 15 is 0 Å². The lowest BCUT2D eigenvalue weighted by Gasteiger charge is -2.25. The summed E-state index contributed by atoms with van der Waals surface area (Å²) < 4.78 is 0. The van der Waals surface area contributed by atoms with E-state index in [-0.39, 0.29) is 17.2 Å². The first-order valence-electron chi connectivity index (χ1n) is 9.23. The van der Waals surface area contributed by atoms with E-state index in [0.29, 0.717) is 5.75 Å². The van der Waals surface area contributed by atoms with Gasteiger partial charge in [-0.15, -0.1) is 11.8 Å². The smallest absolute Gasteiger partial charge is 0.238 e. The van der Waals surface area contributed by atoms with E-state index < -0.39 is 5.41 Å². The number of anilines is 2. The van der Waals surface area contributed by atoms with Gasteiger partial charge in [-0.3, -0.25) is 14.5 Å². The Kier molecular flexibility index (Phi) is 5.61. The van der Waals surface area contributed by atoms with Crippen molar-refractivity contribution in [2.75, 3.05) is 16.0 Å². The molecule has 5 heteroatoms. The molecule has 0 aliphatic carbocycles. The van der Waals surface area contributed by atoms with E-state index in [4.69, 9.17) is 0 Å². The Balaban J connectivity index is 1.89. The monoisotopic (exact) mass is 382 g/mol. The highest BCUT2D eigenvalue weighted by Gasteiger charge is 2.34. The largest absolute Gasteiger partial charge is 0.326 e. The zero-order chi connectivity index (χ0) is 19.6. The van der Waals surface area contributed by atoms with Gasteiger partial charge in [0.15, 0.2) is 0 Å². The van der Waals surface area contributed by atoms with Gasteiger partial charge in [0, 0.05) is 16.8 Å². The van der Waals surface area contributed by atoms with Gasteiger partial charge in [0.1, 0.15) is 5.37 Å². The number of aryl methyl sites for hydroxylation is 1. The second kappa shape index (κ2) is 7.77. The first-order chi connectivity index (χ1) is 12.8. The molecule has 1 heterocycles. The molecule has 0 radical (unpaired) electrons. The van der Waals surface area contributed by atoms with Crippen LogP contribution >= 0.6 is 11.8 Å². The maximum atomic E-state index is 12.6. The highest BCUT2D eigenvalue weighted by molar-refractivity contribution is 8.00. The Morgan fingerprint density at radius 3 is 2.63 bits per heavy atom. The molecule has 2 aromatic carbocycles. The molecule has 1 fully saturated rings. The lowest BCUT2D eigenvalue weighted by molar-refractivity contribution is -0.123. The number of hydrogen-bond acceptors (Lipinski definition) is 3. The summed E-state index contributed by atoms with van der Waals surface area (Å²) in [5.41, 5.74) is 3.45. The van der Waals surface area contributed by atoms with Crippen molar-refractivity contribution in [2.45, 2.75) is 39.5 Å². The molecule has 142 valence electrons. The number of thioether (sulfide) groups is 1. The SMILES string of the molecule is CCc1cccc(N2C(=O)CSC2c2cccc(NC(=O)C(C)(C)C)c2)c1. The number of carbonyl (C=O) groups is 2. The Labute approximate surface area is 165 Å². The third-order valence-corrected chi connectivity index (χ3v) is 5.79. The zero-order valence-corrected chi connectivity index (χ0v) is 17.1. The Bertz CT molecular complexity index is 857. The van der Waals surface area contributed by atoms with Crippen LogP contribution in [-0.4, -0.2) is 17.6 Å². The van der Waals surface area contributed by atoms with E-state index in [1.165, 1.54) is 5.56 Å². The minimum Gasteiger partial charge on any atom is -0.326 e. The molecular weight excluding hydrogens is 356 g/mol. The molecule has 0 saturated carbocycles. The van der Waals surface area contributed by atoms with E-state index in [0.717, 1.165) is 23.4 Å². The molecule has 3 rings (SSSR count). The first kappa shape index (κ1) is 19.5. The van der Waals surface area contributed by atoms with Crippen molar-refractivity contribution in [2.24, 2.45) is 5.41 Å². The molecule has 1 N–H and O–H groups in total. The zero-order valence-electron chi connectivity index (χ0n) is 16.3. The summed E-state index contributed by atoms with van der Waals surface area (Å²) in [4.78, 5) is 26.8. The van der Waals surface area contributed by atoms with E-state index in [1.54, 1.807) is 11.8 Å². The van der Waals surface area contributed by atoms with Crippen LogP contribution in [0.4, 0.5) is 11.4 Å². The summed E-state index contributed by atoms with van der Waals surface area (Å²) in [6.07, 6.45) is 0.933. The standard InChI is InChI=1S/C22H26N2O2S/c1-5-15-8-6-11-18(12-15)24-19(25)14-27-20(24)16-9-7-10-17(13-16)23-21(26)22(2,3)4/h6-13,20H,5,14H2,1-4H3,(H,23,26). The topological polar surface area (TPSA) is 49.4 Å². The molecule has 0 bridgehead atoms. The molecular formula is C22H26N2O2S. The molecule has 1 aliphatic rings. The van der Waals surface area contributed by atoms with E-state index in [9.17, 15) is 9.59 Å². The lowest BCUT2D eigenvalue weighted by Crippen LogP contribution is -2.29. The van der Waals surface area contributed by atoms with Crippen LogP contribution in [0, 0.1) is 5.41 Å².